The number of aromatic nitrogens is 4. The molecule has 7 rings (SSSR count). The van der Waals surface area contributed by atoms with Gasteiger partial charge in [-0.3, -0.25) is 9.80 Å². The molecule has 0 saturated carbocycles. The van der Waals surface area contributed by atoms with E-state index >= 15 is 0 Å². The molecule has 37 heavy (non-hydrogen) atoms. The van der Waals surface area contributed by atoms with Gasteiger partial charge in [-0.05, 0) is 25.0 Å². The number of fused-ring (bicyclic) bond motifs is 2. The molecule has 1 unspecified atom stereocenters. The number of thiazole rings is 1. The number of aromatic amines is 1. The monoisotopic (exact) mass is 519 g/mol. The number of anilines is 1. The predicted octanol–water partition coefficient (Wildman–Crippen LogP) is 3.89. The van der Waals surface area contributed by atoms with E-state index < -0.39 is 0 Å². The molecular formula is C27H33N7O2S. The summed E-state index contributed by atoms with van der Waals surface area (Å²) in [6, 6.07) is 8.36. The lowest BCUT2D eigenvalue weighted by molar-refractivity contribution is -0.0404. The summed E-state index contributed by atoms with van der Waals surface area (Å²) in [6.45, 7) is 8.71. The van der Waals surface area contributed by atoms with Gasteiger partial charge >= 0.3 is 0 Å². The summed E-state index contributed by atoms with van der Waals surface area (Å²) in [4.78, 5) is 26.4. The van der Waals surface area contributed by atoms with Crippen LogP contribution in [0.25, 0.3) is 32.6 Å². The van der Waals surface area contributed by atoms with Crippen LogP contribution >= 0.6 is 11.3 Å². The van der Waals surface area contributed by atoms with Gasteiger partial charge in [-0.1, -0.05) is 18.6 Å². The Kier molecular flexibility index (Phi) is 6.51. The maximum Gasteiger partial charge on any atom is 0.176 e. The molecular weight excluding hydrogens is 486 g/mol. The number of benzene rings is 1. The van der Waals surface area contributed by atoms with Gasteiger partial charge in [0.2, 0.25) is 0 Å². The van der Waals surface area contributed by atoms with Crippen molar-refractivity contribution in [1.29, 1.82) is 0 Å². The summed E-state index contributed by atoms with van der Waals surface area (Å²) in [5, 5.41) is 2.25. The Morgan fingerprint density at radius 3 is 2.38 bits per heavy atom. The number of H-pyrrole nitrogens is 1. The van der Waals surface area contributed by atoms with Crippen LogP contribution in [0.1, 0.15) is 30.4 Å². The molecule has 1 aromatic carbocycles. The number of hydrogen-bond acceptors (Lipinski definition) is 9. The van der Waals surface area contributed by atoms with Crippen molar-refractivity contribution in [1.82, 2.24) is 29.7 Å². The molecule has 0 aliphatic carbocycles. The third kappa shape index (κ3) is 4.51. The van der Waals surface area contributed by atoms with E-state index in [0.29, 0.717) is 13.2 Å². The van der Waals surface area contributed by atoms with E-state index in [2.05, 4.69) is 43.9 Å². The Bertz CT molecular complexity index is 1350. The number of piperidine rings is 1. The molecule has 10 heteroatoms. The van der Waals surface area contributed by atoms with Gasteiger partial charge in [0.15, 0.2) is 17.3 Å². The first-order chi connectivity index (χ1) is 18.3. The van der Waals surface area contributed by atoms with Crippen LogP contribution in [0.3, 0.4) is 0 Å². The molecule has 1 atom stereocenters. The van der Waals surface area contributed by atoms with E-state index in [1.54, 1.807) is 11.3 Å². The summed E-state index contributed by atoms with van der Waals surface area (Å²) in [7, 11) is 0. The van der Waals surface area contributed by atoms with Crippen molar-refractivity contribution in [3.63, 3.8) is 0 Å². The van der Waals surface area contributed by atoms with Gasteiger partial charge in [-0.2, -0.15) is 0 Å². The smallest absolute Gasteiger partial charge is 0.176 e. The molecule has 0 spiro atoms. The van der Waals surface area contributed by atoms with Crippen LogP contribution in [0.2, 0.25) is 0 Å². The summed E-state index contributed by atoms with van der Waals surface area (Å²) >= 11 is 1.77. The van der Waals surface area contributed by atoms with Crippen molar-refractivity contribution in [2.75, 3.05) is 70.6 Å². The first kappa shape index (κ1) is 23.5. The lowest BCUT2D eigenvalue weighted by Crippen LogP contribution is -2.48. The van der Waals surface area contributed by atoms with Crippen molar-refractivity contribution < 1.29 is 9.47 Å². The van der Waals surface area contributed by atoms with Gasteiger partial charge in [-0.25, -0.2) is 15.0 Å². The lowest BCUT2D eigenvalue weighted by atomic mass is 10.1. The number of hydrogen-bond donors (Lipinski definition) is 1. The van der Waals surface area contributed by atoms with E-state index in [1.807, 2.05) is 6.20 Å². The standard InChI is InChI=1S/C27H33N7O2S/c1-2-9-33(10-3-1)27(34-13-17-36-18-14-34)26-31-24-22(37-26)25(32-11-15-35-16-12-32)30-23(29-24)20-5-4-6-21-19(20)7-8-28-21/h4-8,27-28H,1-3,9-18H2. The zero-order valence-corrected chi connectivity index (χ0v) is 21.9. The zero-order valence-electron chi connectivity index (χ0n) is 21.1. The molecule has 3 aliphatic rings. The van der Waals surface area contributed by atoms with Crippen molar-refractivity contribution in [2.24, 2.45) is 0 Å². The van der Waals surface area contributed by atoms with Crippen molar-refractivity contribution >= 4 is 38.4 Å². The quantitative estimate of drug-likeness (QED) is 0.425. The second-order valence-corrected chi connectivity index (χ2v) is 11.1. The van der Waals surface area contributed by atoms with Crippen molar-refractivity contribution in [3.05, 3.63) is 35.5 Å². The normalized spacial score (nSPS) is 21.1. The molecule has 3 aliphatic heterocycles. The van der Waals surface area contributed by atoms with Crippen LogP contribution in [0, 0.1) is 0 Å². The number of ether oxygens (including phenoxy) is 2. The Hall–Kier alpha value is -2.63. The summed E-state index contributed by atoms with van der Waals surface area (Å²) in [6.07, 6.45) is 5.94. The molecule has 0 bridgehead atoms. The highest BCUT2D eigenvalue weighted by molar-refractivity contribution is 7.19. The third-order valence-electron chi connectivity index (χ3n) is 7.75. The van der Waals surface area contributed by atoms with Crippen LogP contribution in [0.5, 0.6) is 0 Å². The van der Waals surface area contributed by atoms with Crippen LogP contribution in [-0.4, -0.2) is 95.4 Å². The SMILES string of the molecule is c1cc(-c2nc(N3CCOCC3)c3sc(C(N4CCCCC4)N4CCOCC4)nc3n2)c2cc[nH]c2c1. The second kappa shape index (κ2) is 10.3. The fourth-order valence-corrected chi connectivity index (χ4v) is 7.05. The summed E-state index contributed by atoms with van der Waals surface area (Å²) in [5.74, 6) is 1.72. The Labute approximate surface area is 220 Å². The molecule has 3 aromatic heterocycles. The second-order valence-electron chi connectivity index (χ2n) is 10.0. The van der Waals surface area contributed by atoms with E-state index in [0.717, 1.165) is 95.9 Å². The highest BCUT2D eigenvalue weighted by atomic mass is 32.1. The van der Waals surface area contributed by atoms with Crippen LogP contribution in [-0.2, 0) is 9.47 Å². The number of nitrogens with one attached hydrogen (secondary N) is 1. The van der Waals surface area contributed by atoms with E-state index in [1.165, 1.54) is 19.3 Å². The minimum absolute atomic E-state index is 0.164. The number of morpholine rings is 2. The topological polar surface area (TPSA) is 82.6 Å². The van der Waals surface area contributed by atoms with Gasteiger partial charge < -0.3 is 19.4 Å². The van der Waals surface area contributed by atoms with Crippen molar-refractivity contribution in [2.45, 2.75) is 25.4 Å². The largest absolute Gasteiger partial charge is 0.379 e. The first-order valence-electron chi connectivity index (χ1n) is 13.5. The minimum atomic E-state index is 0.164. The fraction of sp³-hybridized carbons (Fsp3) is 0.519. The minimum Gasteiger partial charge on any atom is -0.379 e. The molecule has 4 aromatic rings. The Morgan fingerprint density at radius 2 is 1.57 bits per heavy atom. The number of likely N-dealkylation sites (tertiary alicyclic amines) is 1. The van der Waals surface area contributed by atoms with Crippen LogP contribution in [0.4, 0.5) is 5.82 Å². The maximum atomic E-state index is 5.70. The molecule has 194 valence electrons. The van der Waals surface area contributed by atoms with Gasteiger partial charge in [0.05, 0.1) is 26.4 Å². The van der Waals surface area contributed by atoms with Crippen LogP contribution < -0.4 is 4.90 Å². The average molecular weight is 520 g/mol. The lowest BCUT2D eigenvalue weighted by Gasteiger charge is -2.41. The zero-order chi connectivity index (χ0) is 24.6. The summed E-state index contributed by atoms with van der Waals surface area (Å²) in [5.41, 5.74) is 2.92. The Balaban J connectivity index is 1.37. The summed E-state index contributed by atoms with van der Waals surface area (Å²) < 4.78 is 12.5. The molecule has 9 nitrogen and oxygen atoms in total. The van der Waals surface area contributed by atoms with Gasteiger partial charge in [-0.15, -0.1) is 11.3 Å². The van der Waals surface area contributed by atoms with Gasteiger partial charge in [0, 0.05) is 61.9 Å². The predicted molar refractivity (Wildman–Crippen MR) is 146 cm³/mol. The molecule has 3 fully saturated rings. The fourth-order valence-electron chi connectivity index (χ4n) is 5.86. The number of nitrogens with zero attached hydrogens (tertiary/aromatic N) is 6. The van der Waals surface area contributed by atoms with E-state index in [4.69, 9.17) is 24.4 Å². The highest BCUT2D eigenvalue weighted by Gasteiger charge is 2.33. The number of rotatable bonds is 5. The maximum absolute atomic E-state index is 5.70. The molecule has 3 saturated heterocycles. The van der Waals surface area contributed by atoms with E-state index in [9.17, 15) is 0 Å². The highest BCUT2D eigenvalue weighted by Crippen LogP contribution is 2.39. The van der Waals surface area contributed by atoms with Crippen molar-refractivity contribution in [3.8, 4) is 11.4 Å². The molecule has 0 amide bonds. The first-order valence-corrected chi connectivity index (χ1v) is 14.3. The Morgan fingerprint density at radius 1 is 0.811 bits per heavy atom. The van der Waals surface area contributed by atoms with E-state index in [-0.39, 0.29) is 6.17 Å². The molecule has 6 heterocycles. The molecule has 0 radical (unpaired) electrons. The van der Waals surface area contributed by atoms with Gasteiger partial charge in [0.25, 0.3) is 0 Å². The van der Waals surface area contributed by atoms with Gasteiger partial charge in [0.1, 0.15) is 15.9 Å². The third-order valence-corrected chi connectivity index (χ3v) is 8.83. The average Bonchev–Trinajstić information content (AvgIpc) is 3.61. The van der Waals surface area contributed by atoms with Crippen LogP contribution in [0.15, 0.2) is 30.5 Å². The molecule has 1 N–H and O–H groups in total.